The van der Waals surface area contributed by atoms with E-state index in [1.54, 1.807) is 18.2 Å². The number of rotatable bonds is 9. The molecule has 5 rings (SSSR count). The van der Waals surface area contributed by atoms with Crippen LogP contribution in [-0.4, -0.2) is 48.0 Å². The van der Waals surface area contributed by atoms with E-state index in [1.165, 1.54) is 18.4 Å². The molecule has 0 bridgehead atoms. The molecule has 1 fully saturated rings. The molecule has 0 spiro atoms. The van der Waals surface area contributed by atoms with Crippen molar-refractivity contribution in [1.29, 1.82) is 0 Å². The predicted octanol–water partition coefficient (Wildman–Crippen LogP) is 6.43. The zero-order valence-electron chi connectivity index (χ0n) is 22.5. The van der Waals surface area contributed by atoms with Crippen LogP contribution in [0.4, 0.5) is 11.4 Å². The van der Waals surface area contributed by atoms with Crippen LogP contribution >= 0.6 is 0 Å². The monoisotopic (exact) mass is 544 g/mol. The van der Waals surface area contributed by atoms with Gasteiger partial charge in [0.15, 0.2) is 5.88 Å². The number of piperidine rings is 1. The fraction of sp³-hybridized carbons (Fsp3) is 0.323. The van der Waals surface area contributed by atoms with Gasteiger partial charge in [0, 0.05) is 28.7 Å². The molecule has 0 amide bonds. The predicted molar refractivity (Wildman–Crippen MR) is 160 cm³/mol. The minimum absolute atomic E-state index is 0.0166. The summed E-state index contributed by atoms with van der Waals surface area (Å²) in [5.74, 6) is 0.833. The fourth-order valence-electron chi connectivity index (χ4n) is 5.12. The molecule has 0 aliphatic carbocycles. The van der Waals surface area contributed by atoms with Crippen molar-refractivity contribution in [3.8, 4) is 5.88 Å². The van der Waals surface area contributed by atoms with Gasteiger partial charge in [-0.25, -0.2) is 13.4 Å². The Hall–Kier alpha value is -3.62. The molecule has 0 saturated carbocycles. The number of aromatic hydroxyl groups is 1. The molecule has 7 nitrogen and oxygen atoms in total. The Morgan fingerprint density at radius 2 is 1.77 bits per heavy atom. The van der Waals surface area contributed by atoms with Crippen LogP contribution in [0.25, 0.3) is 10.9 Å². The number of likely N-dealkylation sites (tertiary alicyclic amines) is 1. The third-order valence-electron chi connectivity index (χ3n) is 7.27. The number of aromatic nitrogens is 1. The van der Waals surface area contributed by atoms with Crippen molar-refractivity contribution < 1.29 is 13.5 Å². The van der Waals surface area contributed by atoms with Crippen LogP contribution in [-0.2, 0) is 16.6 Å². The van der Waals surface area contributed by atoms with Gasteiger partial charge in [0.2, 0.25) is 10.0 Å². The molecular weight excluding hydrogens is 508 g/mol. The molecule has 4 aromatic rings. The number of sulfonamides is 1. The van der Waals surface area contributed by atoms with E-state index >= 15 is 0 Å². The Morgan fingerprint density at radius 1 is 1.05 bits per heavy atom. The van der Waals surface area contributed by atoms with E-state index in [0.29, 0.717) is 34.3 Å². The van der Waals surface area contributed by atoms with E-state index in [-0.39, 0.29) is 11.6 Å². The van der Waals surface area contributed by atoms with Crippen LogP contribution < -0.4 is 4.72 Å². The Balaban J connectivity index is 1.51. The Morgan fingerprint density at radius 3 is 2.46 bits per heavy atom. The molecule has 0 radical (unpaired) electrons. The standard InChI is InChI=1S/C31H36N4O3S/c1-3-19-39(37,38)34-26-13-14-28-27(20-26)29(31(36)33-28)30(24-7-5-4-6-8-24)32-25-11-9-23(10-12-25)21-35-17-15-22(2)16-18-35/h4-14,20,22,33-34,36H,3,15-19,21H2,1-2H3. The van der Waals surface area contributed by atoms with Crippen LogP contribution in [0.15, 0.2) is 77.8 Å². The number of anilines is 1. The molecule has 3 N–H and O–H groups in total. The quantitative estimate of drug-likeness (QED) is 0.212. The van der Waals surface area contributed by atoms with E-state index in [4.69, 9.17) is 4.99 Å². The summed E-state index contributed by atoms with van der Waals surface area (Å²) in [6.45, 7) is 7.35. The summed E-state index contributed by atoms with van der Waals surface area (Å²) < 4.78 is 27.4. The number of H-pyrrole nitrogens is 1. The maximum atomic E-state index is 12.4. The number of hydrogen-bond donors (Lipinski definition) is 3. The van der Waals surface area contributed by atoms with Crippen molar-refractivity contribution in [2.45, 2.75) is 39.7 Å². The highest BCUT2D eigenvalue weighted by molar-refractivity contribution is 7.92. The molecule has 1 saturated heterocycles. The number of fused-ring (bicyclic) bond motifs is 1. The van der Waals surface area contributed by atoms with Crippen LogP contribution in [0.5, 0.6) is 5.88 Å². The highest BCUT2D eigenvalue weighted by Crippen LogP contribution is 2.33. The third kappa shape index (κ3) is 6.52. The first-order chi connectivity index (χ1) is 18.8. The minimum Gasteiger partial charge on any atom is -0.494 e. The number of aromatic amines is 1. The minimum atomic E-state index is -3.45. The molecule has 39 heavy (non-hydrogen) atoms. The summed E-state index contributed by atoms with van der Waals surface area (Å²) in [6.07, 6.45) is 3.02. The van der Waals surface area contributed by atoms with Crippen LogP contribution in [0.2, 0.25) is 0 Å². The summed E-state index contributed by atoms with van der Waals surface area (Å²) in [7, 11) is -3.45. The van der Waals surface area contributed by atoms with Crippen LogP contribution in [0, 0.1) is 5.92 Å². The lowest BCUT2D eigenvalue weighted by Gasteiger charge is -2.30. The number of hydrogen-bond acceptors (Lipinski definition) is 5. The first-order valence-corrected chi connectivity index (χ1v) is 15.3. The van der Waals surface area contributed by atoms with Crippen LogP contribution in [0.3, 0.4) is 0 Å². The van der Waals surface area contributed by atoms with E-state index in [2.05, 4.69) is 33.7 Å². The second kappa shape index (κ2) is 11.6. The average molecular weight is 545 g/mol. The van der Waals surface area contributed by atoms with Gasteiger partial charge in [0.25, 0.3) is 0 Å². The van der Waals surface area contributed by atoms with E-state index in [9.17, 15) is 13.5 Å². The molecule has 204 valence electrons. The summed E-state index contributed by atoms with van der Waals surface area (Å²) in [5.41, 5.74) is 5.14. The van der Waals surface area contributed by atoms with E-state index in [0.717, 1.165) is 36.8 Å². The smallest absolute Gasteiger partial charge is 0.232 e. The van der Waals surface area contributed by atoms with Gasteiger partial charge in [-0.15, -0.1) is 0 Å². The first-order valence-electron chi connectivity index (χ1n) is 13.6. The van der Waals surface area contributed by atoms with Gasteiger partial charge in [0.05, 0.1) is 22.7 Å². The lowest BCUT2D eigenvalue weighted by atomic mass is 9.99. The van der Waals surface area contributed by atoms with Crippen molar-refractivity contribution >= 4 is 38.0 Å². The van der Waals surface area contributed by atoms with Gasteiger partial charge < -0.3 is 10.1 Å². The topological polar surface area (TPSA) is 97.8 Å². The number of benzene rings is 3. The second-order valence-electron chi connectivity index (χ2n) is 10.5. The van der Waals surface area contributed by atoms with Crippen LogP contribution in [0.1, 0.15) is 49.8 Å². The molecule has 8 heteroatoms. The Bertz CT molecular complexity index is 1550. The van der Waals surface area contributed by atoms with Gasteiger partial charge in [-0.2, -0.15) is 0 Å². The molecule has 1 aliphatic heterocycles. The molecule has 1 aliphatic rings. The van der Waals surface area contributed by atoms with E-state index < -0.39 is 10.0 Å². The molecular formula is C31H36N4O3S. The van der Waals surface area contributed by atoms with Crippen molar-refractivity contribution in [2.75, 3.05) is 23.6 Å². The third-order valence-corrected chi connectivity index (χ3v) is 8.76. The Labute approximate surface area is 230 Å². The number of nitrogens with one attached hydrogen (secondary N) is 2. The first kappa shape index (κ1) is 27.0. The number of aliphatic imine (C=N–C) groups is 1. The zero-order valence-corrected chi connectivity index (χ0v) is 23.3. The lowest BCUT2D eigenvalue weighted by Crippen LogP contribution is -2.32. The number of nitrogens with zero attached hydrogens (tertiary/aromatic N) is 2. The maximum absolute atomic E-state index is 12.4. The summed E-state index contributed by atoms with van der Waals surface area (Å²) in [5, 5.41) is 11.7. The average Bonchev–Trinajstić information content (AvgIpc) is 3.24. The van der Waals surface area contributed by atoms with Crippen molar-refractivity contribution in [3.63, 3.8) is 0 Å². The summed E-state index contributed by atoms with van der Waals surface area (Å²) >= 11 is 0. The van der Waals surface area contributed by atoms with Gasteiger partial charge >= 0.3 is 0 Å². The van der Waals surface area contributed by atoms with Gasteiger partial charge in [-0.3, -0.25) is 9.62 Å². The zero-order chi connectivity index (χ0) is 27.4. The van der Waals surface area contributed by atoms with Crippen molar-refractivity contribution in [3.05, 3.63) is 89.5 Å². The lowest BCUT2D eigenvalue weighted by molar-refractivity contribution is 0.185. The molecule has 0 atom stereocenters. The SMILES string of the molecule is CCCS(=O)(=O)Nc1ccc2[nH]c(O)c(C(=Nc3ccc(CN4CCC(C)CC4)cc3)c3ccccc3)c2c1. The molecule has 3 aromatic carbocycles. The molecule has 1 aromatic heterocycles. The molecule has 0 unspecified atom stereocenters. The second-order valence-corrected chi connectivity index (χ2v) is 12.3. The highest BCUT2D eigenvalue weighted by Gasteiger charge is 2.20. The van der Waals surface area contributed by atoms with Crippen molar-refractivity contribution in [2.24, 2.45) is 10.9 Å². The van der Waals surface area contributed by atoms with Gasteiger partial charge in [0.1, 0.15) is 0 Å². The maximum Gasteiger partial charge on any atom is 0.232 e. The van der Waals surface area contributed by atoms with Crippen molar-refractivity contribution in [1.82, 2.24) is 9.88 Å². The van der Waals surface area contributed by atoms with Gasteiger partial charge in [-0.05, 0) is 74.2 Å². The largest absolute Gasteiger partial charge is 0.494 e. The normalized spacial score (nSPS) is 15.6. The fourth-order valence-corrected chi connectivity index (χ4v) is 6.25. The van der Waals surface area contributed by atoms with Gasteiger partial charge in [-0.1, -0.05) is 56.3 Å². The van der Waals surface area contributed by atoms with E-state index in [1.807, 2.05) is 49.4 Å². The molecule has 2 heterocycles. The Kier molecular flexibility index (Phi) is 8.04. The summed E-state index contributed by atoms with van der Waals surface area (Å²) in [6, 6.07) is 23.2. The summed E-state index contributed by atoms with van der Waals surface area (Å²) in [4.78, 5) is 10.5. The highest BCUT2D eigenvalue weighted by atomic mass is 32.2.